The van der Waals surface area contributed by atoms with Crippen LogP contribution in [-0.4, -0.2) is 40.6 Å². The van der Waals surface area contributed by atoms with Crippen LogP contribution in [0, 0.1) is 5.92 Å². The van der Waals surface area contributed by atoms with Gasteiger partial charge in [0.1, 0.15) is 0 Å². The van der Waals surface area contributed by atoms with Gasteiger partial charge in [0.25, 0.3) is 0 Å². The van der Waals surface area contributed by atoms with E-state index in [0.29, 0.717) is 23.7 Å². The van der Waals surface area contributed by atoms with Crippen molar-refractivity contribution in [3.05, 3.63) is 65.0 Å². The number of benzene rings is 1. The third kappa shape index (κ3) is 2.27. The molecule has 2 N–H and O–H groups in total. The number of rotatable bonds is 3. The van der Waals surface area contributed by atoms with Crippen LogP contribution < -0.4 is 10.6 Å². The van der Waals surface area contributed by atoms with Gasteiger partial charge in [0.05, 0.1) is 23.6 Å². The number of hydrogen-bond acceptors (Lipinski definition) is 4. The minimum Gasteiger partial charge on any atom is -0.367 e. The van der Waals surface area contributed by atoms with E-state index in [9.17, 15) is 0 Å². The molecule has 0 amide bonds. The third-order valence-corrected chi connectivity index (χ3v) is 8.57. The molecule has 1 aromatic heterocycles. The molecule has 2 atom stereocenters. The van der Waals surface area contributed by atoms with Crippen molar-refractivity contribution in [3.63, 3.8) is 0 Å². The molecule has 30 heavy (non-hydrogen) atoms. The molecule has 2 aliphatic heterocycles. The highest BCUT2D eigenvalue weighted by Gasteiger charge is 2.63. The lowest BCUT2D eigenvalue weighted by Gasteiger charge is -2.70. The van der Waals surface area contributed by atoms with Crippen molar-refractivity contribution < 1.29 is 0 Å². The number of anilines is 1. The molecule has 4 nitrogen and oxygen atoms in total. The quantitative estimate of drug-likeness (QED) is 0.851. The Morgan fingerprint density at radius 3 is 2.53 bits per heavy atom. The molecule has 1 aromatic carbocycles. The Labute approximate surface area is 178 Å². The van der Waals surface area contributed by atoms with Gasteiger partial charge in [-0.15, -0.1) is 0 Å². The zero-order valence-corrected chi connectivity index (χ0v) is 17.7. The molecule has 0 spiro atoms. The molecule has 4 fully saturated rings. The zero-order chi connectivity index (χ0) is 20.0. The molecule has 0 radical (unpaired) electrons. The standard InChI is InChI=1S/C26H30N4/c1-16-8-22-21-5-3-2-4-18(21)9-23(22)25(30(16)26-10-17(11-26)12-26)24-7-6-20(13-28-24)29-14-19(27)15-29/h2-7,13,16-17,19,25H,8-12,14-15,27H2,1H3/t16-,17?,25+,26?/m1/s1. The van der Waals surface area contributed by atoms with Crippen molar-refractivity contribution in [1.82, 2.24) is 9.88 Å². The van der Waals surface area contributed by atoms with E-state index in [1.54, 1.807) is 11.1 Å². The fourth-order valence-corrected chi connectivity index (χ4v) is 7.05. The van der Waals surface area contributed by atoms with E-state index < -0.39 is 0 Å². The van der Waals surface area contributed by atoms with Crippen LogP contribution in [0.1, 0.15) is 55.5 Å². The molecule has 3 saturated carbocycles. The molecule has 4 heteroatoms. The predicted octanol–water partition coefficient (Wildman–Crippen LogP) is 3.93. The molecule has 0 unspecified atom stereocenters. The van der Waals surface area contributed by atoms with Crippen LogP contribution in [0.25, 0.3) is 5.57 Å². The zero-order valence-electron chi connectivity index (χ0n) is 17.7. The first-order valence-electron chi connectivity index (χ1n) is 11.7. The molecular formula is C26H30N4. The Morgan fingerprint density at radius 2 is 1.87 bits per heavy atom. The van der Waals surface area contributed by atoms with Crippen LogP contribution >= 0.6 is 0 Å². The second-order valence-corrected chi connectivity index (χ2v) is 10.5. The first kappa shape index (κ1) is 17.5. The summed E-state index contributed by atoms with van der Waals surface area (Å²) in [5.41, 5.74) is 15.1. The largest absolute Gasteiger partial charge is 0.367 e. The Bertz CT molecular complexity index is 1030. The summed E-state index contributed by atoms with van der Waals surface area (Å²) in [6, 6.07) is 14.8. The molecule has 6 aliphatic rings. The predicted molar refractivity (Wildman–Crippen MR) is 120 cm³/mol. The Morgan fingerprint density at radius 1 is 1.07 bits per heavy atom. The normalized spacial score (nSPS) is 34.7. The smallest absolute Gasteiger partial charge is 0.0752 e. The van der Waals surface area contributed by atoms with Gasteiger partial charge >= 0.3 is 0 Å². The van der Waals surface area contributed by atoms with E-state index in [1.165, 1.54) is 48.2 Å². The summed E-state index contributed by atoms with van der Waals surface area (Å²) in [6.45, 7) is 4.35. The fourth-order valence-electron chi connectivity index (χ4n) is 7.05. The van der Waals surface area contributed by atoms with E-state index >= 15 is 0 Å². The summed E-state index contributed by atoms with van der Waals surface area (Å²) in [5.74, 6) is 0.986. The minimum absolute atomic E-state index is 0.313. The molecule has 2 aromatic rings. The topological polar surface area (TPSA) is 45.4 Å². The summed E-state index contributed by atoms with van der Waals surface area (Å²) >= 11 is 0. The van der Waals surface area contributed by atoms with Crippen LogP contribution in [0.2, 0.25) is 0 Å². The first-order chi connectivity index (χ1) is 14.6. The van der Waals surface area contributed by atoms with Gasteiger partial charge in [-0.25, -0.2) is 0 Å². The molecule has 3 heterocycles. The van der Waals surface area contributed by atoms with E-state index in [4.69, 9.17) is 10.7 Å². The van der Waals surface area contributed by atoms with E-state index in [-0.39, 0.29) is 0 Å². The van der Waals surface area contributed by atoms with Crippen LogP contribution in [0.3, 0.4) is 0 Å². The number of nitrogens with zero attached hydrogens (tertiary/aromatic N) is 3. The molecule has 154 valence electrons. The minimum atomic E-state index is 0.313. The molecule has 2 bridgehead atoms. The Hall–Kier alpha value is -2.17. The van der Waals surface area contributed by atoms with Crippen LogP contribution in [0.15, 0.2) is 48.2 Å². The second kappa shape index (κ2) is 5.95. The van der Waals surface area contributed by atoms with Crippen LogP contribution in [-0.2, 0) is 6.42 Å². The Balaban J connectivity index is 1.30. The van der Waals surface area contributed by atoms with Crippen molar-refractivity contribution in [2.75, 3.05) is 18.0 Å². The summed E-state index contributed by atoms with van der Waals surface area (Å²) in [5, 5.41) is 0. The van der Waals surface area contributed by atoms with Crippen molar-refractivity contribution in [2.24, 2.45) is 11.7 Å². The fraction of sp³-hybridized carbons (Fsp3) is 0.500. The lowest BCUT2D eigenvalue weighted by atomic mass is 9.48. The van der Waals surface area contributed by atoms with E-state index in [0.717, 1.165) is 25.4 Å². The second-order valence-electron chi connectivity index (χ2n) is 10.5. The van der Waals surface area contributed by atoms with Gasteiger partial charge < -0.3 is 10.6 Å². The highest BCUT2D eigenvalue weighted by molar-refractivity contribution is 5.79. The maximum atomic E-state index is 5.99. The van der Waals surface area contributed by atoms with Gasteiger partial charge in [0, 0.05) is 30.7 Å². The maximum Gasteiger partial charge on any atom is 0.0752 e. The van der Waals surface area contributed by atoms with Gasteiger partial charge in [0.15, 0.2) is 0 Å². The maximum absolute atomic E-state index is 5.99. The van der Waals surface area contributed by atoms with Gasteiger partial charge in [-0.2, -0.15) is 0 Å². The van der Waals surface area contributed by atoms with Gasteiger partial charge in [-0.1, -0.05) is 24.3 Å². The summed E-state index contributed by atoms with van der Waals surface area (Å²) in [4.78, 5) is 10.3. The summed E-state index contributed by atoms with van der Waals surface area (Å²) < 4.78 is 0. The lowest BCUT2D eigenvalue weighted by molar-refractivity contribution is -0.173. The number of aromatic nitrogens is 1. The molecular weight excluding hydrogens is 368 g/mol. The van der Waals surface area contributed by atoms with E-state index in [1.807, 2.05) is 0 Å². The van der Waals surface area contributed by atoms with Crippen molar-refractivity contribution >= 4 is 11.3 Å². The average molecular weight is 399 g/mol. The highest BCUT2D eigenvalue weighted by Crippen LogP contribution is 2.65. The number of fused-ring (bicyclic) bond motifs is 2. The monoisotopic (exact) mass is 398 g/mol. The van der Waals surface area contributed by atoms with Crippen molar-refractivity contribution in [1.29, 1.82) is 0 Å². The van der Waals surface area contributed by atoms with Crippen molar-refractivity contribution in [2.45, 2.75) is 62.7 Å². The average Bonchev–Trinajstić information content (AvgIpc) is 3.02. The number of pyridine rings is 1. The number of nitrogens with two attached hydrogens (primary N) is 1. The molecule has 4 aliphatic carbocycles. The SMILES string of the molecule is C[C@@H]1CC2=C(Cc3ccccc32)[C@@H](c2ccc(N3CC(N)C3)cn2)N1C12CC(C1)C2. The lowest BCUT2D eigenvalue weighted by Crippen LogP contribution is -2.71. The Kier molecular flexibility index (Phi) is 3.47. The van der Waals surface area contributed by atoms with Crippen molar-refractivity contribution in [3.8, 4) is 0 Å². The molecule has 1 saturated heterocycles. The molecule has 8 rings (SSSR count). The van der Waals surface area contributed by atoms with E-state index in [2.05, 4.69) is 59.3 Å². The number of hydrogen-bond donors (Lipinski definition) is 1. The van der Waals surface area contributed by atoms with Gasteiger partial charge in [0.2, 0.25) is 0 Å². The highest BCUT2D eigenvalue weighted by atomic mass is 15.3. The van der Waals surface area contributed by atoms with Gasteiger partial charge in [-0.05, 0) is 79.4 Å². The first-order valence-corrected chi connectivity index (χ1v) is 11.7. The summed E-state index contributed by atoms with van der Waals surface area (Å²) in [6.07, 6.45) is 8.54. The van der Waals surface area contributed by atoms with Crippen LogP contribution in [0.5, 0.6) is 0 Å². The van der Waals surface area contributed by atoms with Gasteiger partial charge in [-0.3, -0.25) is 9.88 Å². The van der Waals surface area contributed by atoms with Crippen LogP contribution in [0.4, 0.5) is 5.69 Å². The summed E-state index contributed by atoms with van der Waals surface area (Å²) in [7, 11) is 0. The third-order valence-electron chi connectivity index (χ3n) is 8.57.